The lowest BCUT2D eigenvalue weighted by Crippen LogP contribution is -2.38. The quantitative estimate of drug-likeness (QED) is 0.921. The summed E-state index contributed by atoms with van der Waals surface area (Å²) in [4.78, 5) is 0. The van der Waals surface area contributed by atoms with Gasteiger partial charge < -0.3 is 15.2 Å². The highest BCUT2D eigenvalue weighted by atomic mass is 16.6. The van der Waals surface area contributed by atoms with E-state index in [4.69, 9.17) is 15.2 Å². The van der Waals surface area contributed by atoms with E-state index in [1.165, 1.54) is 43.2 Å². The van der Waals surface area contributed by atoms with Gasteiger partial charge in [0.2, 0.25) is 0 Å². The molecular formula is C17H25NO2. The summed E-state index contributed by atoms with van der Waals surface area (Å²) < 4.78 is 11.5. The molecule has 1 aromatic carbocycles. The molecule has 3 rings (SSSR count). The van der Waals surface area contributed by atoms with Gasteiger partial charge in [0.05, 0.1) is 0 Å². The molecule has 0 aromatic heterocycles. The normalized spacial score (nSPS) is 20.7. The third-order valence-corrected chi connectivity index (χ3v) is 4.92. The first-order valence-corrected chi connectivity index (χ1v) is 7.92. The van der Waals surface area contributed by atoms with Crippen molar-refractivity contribution in [1.29, 1.82) is 0 Å². The fourth-order valence-electron chi connectivity index (χ4n) is 3.73. The summed E-state index contributed by atoms with van der Waals surface area (Å²) in [5, 5.41) is 0. The zero-order chi connectivity index (χ0) is 14.0. The maximum absolute atomic E-state index is 6.20. The lowest BCUT2D eigenvalue weighted by atomic mass is 9.68. The van der Waals surface area contributed by atoms with Gasteiger partial charge in [-0.2, -0.15) is 0 Å². The van der Waals surface area contributed by atoms with E-state index >= 15 is 0 Å². The molecule has 3 nitrogen and oxygen atoms in total. The molecule has 1 fully saturated rings. The highest BCUT2D eigenvalue weighted by Crippen LogP contribution is 2.44. The maximum Gasteiger partial charge on any atom is 0.161 e. The van der Waals surface area contributed by atoms with Crippen molar-refractivity contribution in [2.24, 2.45) is 5.73 Å². The predicted octanol–water partition coefficient (Wildman–Crippen LogP) is 3.18. The molecular weight excluding hydrogens is 250 g/mol. The average molecular weight is 275 g/mol. The van der Waals surface area contributed by atoms with Crippen LogP contribution in [-0.4, -0.2) is 19.8 Å². The summed E-state index contributed by atoms with van der Waals surface area (Å²) in [7, 11) is 0. The SMILES string of the molecule is CCc1cc2c(cc1C1(CN)CCCCC1)OCCO2. The molecule has 1 aromatic rings. The number of aryl methyl sites for hydroxylation is 1. The van der Waals surface area contributed by atoms with Crippen molar-refractivity contribution in [1.82, 2.24) is 0 Å². The van der Waals surface area contributed by atoms with Crippen LogP contribution in [0.3, 0.4) is 0 Å². The van der Waals surface area contributed by atoms with Crippen molar-refractivity contribution in [3.05, 3.63) is 23.3 Å². The Morgan fingerprint density at radius 2 is 1.70 bits per heavy atom. The van der Waals surface area contributed by atoms with E-state index < -0.39 is 0 Å². The number of hydrogen-bond acceptors (Lipinski definition) is 3. The minimum Gasteiger partial charge on any atom is -0.486 e. The second kappa shape index (κ2) is 5.65. The Bertz CT molecular complexity index is 478. The lowest BCUT2D eigenvalue weighted by molar-refractivity contribution is 0.170. The highest BCUT2D eigenvalue weighted by Gasteiger charge is 2.35. The maximum atomic E-state index is 6.20. The van der Waals surface area contributed by atoms with Crippen LogP contribution in [-0.2, 0) is 11.8 Å². The molecule has 3 heteroatoms. The van der Waals surface area contributed by atoms with Crippen LogP contribution in [0.4, 0.5) is 0 Å². The summed E-state index contributed by atoms with van der Waals surface area (Å²) in [6, 6.07) is 4.39. The standard InChI is InChI=1S/C17H25NO2/c1-2-13-10-15-16(20-9-8-19-15)11-14(13)17(12-18)6-4-3-5-7-17/h10-11H,2-9,12,18H2,1H3. The topological polar surface area (TPSA) is 44.5 Å². The van der Waals surface area contributed by atoms with E-state index in [1.807, 2.05) is 0 Å². The Morgan fingerprint density at radius 1 is 1.05 bits per heavy atom. The number of hydrogen-bond donors (Lipinski definition) is 1. The number of fused-ring (bicyclic) bond motifs is 1. The Kier molecular flexibility index (Phi) is 3.88. The molecule has 1 aliphatic heterocycles. The fraction of sp³-hybridized carbons (Fsp3) is 0.647. The van der Waals surface area contributed by atoms with Gasteiger partial charge in [-0.25, -0.2) is 0 Å². The van der Waals surface area contributed by atoms with Crippen LogP contribution >= 0.6 is 0 Å². The van der Waals surface area contributed by atoms with Gasteiger partial charge in [0, 0.05) is 12.0 Å². The summed E-state index contributed by atoms with van der Waals surface area (Å²) in [5.74, 6) is 1.81. The summed E-state index contributed by atoms with van der Waals surface area (Å²) in [6.45, 7) is 4.24. The second-order valence-corrected chi connectivity index (χ2v) is 6.05. The van der Waals surface area contributed by atoms with Crippen LogP contribution in [0.15, 0.2) is 12.1 Å². The zero-order valence-electron chi connectivity index (χ0n) is 12.4. The Labute approximate surface area is 121 Å². The lowest BCUT2D eigenvalue weighted by Gasteiger charge is -2.39. The molecule has 0 spiro atoms. The van der Waals surface area contributed by atoms with Crippen molar-refractivity contribution < 1.29 is 9.47 Å². The van der Waals surface area contributed by atoms with E-state index in [0.29, 0.717) is 13.2 Å². The van der Waals surface area contributed by atoms with Crippen molar-refractivity contribution in [2.75, 3.05) is 19.8 Å². The summed E-state index contributed by atoms with van der Waals surface area (Å²) in [6.07, 6.45) is 7.34. The average Bonchev–Trinajstić information content (AvgIpc) is 2.54. The van der Waals surface area contributed by atoms with E-state index in [1.54, 1.807) is 0 Å². The van der Waals surface area contributed by atoms with E-state index in [-0.39, 0.29) is 5.41 Å². The van der Waals surface area contributed by atoms with Crippen molar-refractivity contribution in [3.8, 4) is 11.5 Å². The third kappa shape index (κ3) is 2.28. The molecule has 1 heterocycles. The molecule has 2 N–H and O–H groups in total. The van der Waals surface area contributed by atoms with Crippen molar-refractivity contribution in [3.63, 3.8) is 0 Å². The minimum atomic E-state index is 0.152. The van der Waals surface area contributed by atoms with Crippen LogP contribution in [0.5, 0.6) is 11.5 Å². The van der Waals surface area contributed by atoms with Gasteiger partial charge in [-0.1, -0.05) is 26.2 Å². The van der Waals surface area contributed by atoms with Gasteiger partial charge in [0.15, 0.2) is 11.5 Å². The van der Waals surface area contributed by atoms with Gasteiger partial charge in [-0.15, -0.1) is 0 Å². The van der Waals surface area contributed by atoms with Crippen LogP contribution in [0.2, 0.25) is 0 Å². The Morgan fingerprint density at radius 3 is 2.30 bits per heavy atom. The number of nitrogens with two attached hydrogens (primary N) is 1. The van der Waals surface area contributed by atoms with Gasteiger partial charge in [-0.05, 0) is 42.5 Å². The largest absolute Gasteiger partial charge is 0.486 e. The number of rotatable bonds is 3. The monoisotopic (exact) mass is 275 g/mol. The Hall–Kier alpha value is -1.22. The van der Waals surface area contributed by atoms with Crippen LogP contribution in [0.25, 0.3) is 0 Å². The van der Waals surface area contributed by atoms with E-state index in [9.17, 15) is 0 Å². The summed E-state index contributed by atoms with van der Waals surface area (Å²) in [5.41, 5.74) is 9.14. The van der Waals surface area contributed by atoms with Gasteiger partial charge in [0.25, 0.3) is 0 Å². The number of ether oxygens (including phenoxy) is 2. The molecule has 0 unspecified atom stereocenters. The smallest absolute Gasteiger partial charge is 0.161 e. The van der Waals surface area contributed by atoms with Crippen LogP contribution in [0.1, 0.15) is 50.2 Å². The minimum absolute atomic E-state index is 0.152. The predicted molar refractivity (Wildman–Crippen MR) is 80.6 cm³/mol. The molecule has 0 radical (unpaired) electrons. The molecule has 20 heavy (non-hydrogen) atoms. The Balaban J connectivity index is 2.06. The first kappa shape index (κ1) is 13.7. The summed E-state index contributed by atoms with van der Waals surface area (Å²) >= 11 is 0. The third-order valence-electron chi connectivity index (χ3n) is 4.92. The second-order valence-electron chi connectivity index (χ2n) is 6.05. The van der Waals surface area contributed by atoms with Crippen LogP contribution in [0, 0.1) is 0 Å². The molecule has 0 amide bonds. The van der Waals surface area contributed by atoms with Gasteiger partial charge in [-0.3, -0.25) is 0 Å². The fourth-order valence-corrected chi connectivity index (χ4v) is 3.73. The van der Waals surface area contributed by atoms with Gasteiger partial charge in [0.1, 0.15) is 13.2 Å². The van der Waals surface area contributed by atoms with E-state index in [0.717, 1.165) is 24.5 Å². The van der Waals surface area contributed by atoms with Crippen molar-refractivity contribution in [2.45, 2.75) is 50.9 Å². The molecule has 0 atom stereocenters. The molecule has 0 bridgehead atoms. The molecule has 0 saturated heterocycles. The first-order valence-electron chi connectivity index (χ1n) is 7.92. The first-order chi connectivity index (χ1) is 9.79. The molecule has 2 aliphatic rings. The van der Waals surface area contributed by atoms with Gasteiger partial charge >= 0.3 is 0 Å². The zero-order valence-corrected chi connectivity index (χ0v) is 12.4. The van der Waals surface area contributed by atoms with E-state index in [2.05, 4.69) is 19.1 Å². The highest BCUT2D eigenvalue weighted by molar-refractivity contribution is 5.51. The van der Waals surface area contributed by atoms with Crippen molar-refractivity contribution >= 4 is 0 Å². The molecule has 1 aliphatic carbocycles. The van der Waals surface area contributed by atoms with Crippen LogP contribution < -0.4 is 15.2 Å². The molecule has 1 saturated carbocycles. The molecule has 110 valence electrons. The number of benzene rings is 1.